The molecule has 102 valence electrons. The second-order valence-electron chi connectivity index (χ2n) is 4.90. The van der Waals surface area contributed by atoms with Crippen molar-refractivity contribution in [1.29, 1.82) is 0 Å². The van der Waals surface area contributed by atoms with Crippen molar-refractivity contribution in [2.24, 2.45) is 17.6 Å². The van der Waals surface area contributed by atoms with Crippen LogP contribution in [-0.4, -0.2) is 30.7 Å². The summed E-state index contributed by atoms with van der Waals surface area (Å²) in [6, 6.07) is 0. The van der Waals surface area contributed by atoms with Gasteiger partial charge in [-0.05, 0) is 44.1 Å². The summed E-state index contributed by atoms with van der Waals surface area (Å²) in [6.07, 6.45) is 4.10. The highest BCUT2D eigenvalue weighted by Gasteiger charge is 2.14. The minimum Gasteiger partial charge on any atom is -0.396 e. The fourth-order valence-corrected chi connectivity index (χ4v) is 1.89. The first kappa shape index (κ1) is 16.4. The third-order valence-electron chi connectivity index (χ3n) is 3.13. The van der Waals surface area contributed by atoms with Crippen molar-refractivity contribution in [1.82, 2.24) is 5.32 Å². The molecule has 0 aromatic rings. The van der Waals surface area contributed by atoms with Crippen molar-refractivity contribution >= 4 is 5.91 Å². The Bertz CT molecular complexity index is 196. The number of carbonyl (C=O) groups excluding carboxylic acids is 1. The van der Waals surface area contributed by atoms with E-state index in [0.717, 1.165) is 25.7 Å². The molecular weight excluding hydrogens is 216 g/mol. The summed E-state index contributed by atoms with van der Waals surface area (Å²) in [5.41, 5.74) is 5.56. The average Bonchev–Trinajstić information content (AvgIpc) is 2.29. The van der Waals surface area contributed by atoms with Gasteiger partial charge in [0.2, 0.25) is 5.91 Å². The van der Waals surface area contributed by atoms with Crippen LogP contribution in [0.4, 0.5) is 0 Å². The Morgan fingerprint density at radius 3 is 2.53 bits per heavy atom. The first-order valence-electron chi connectivity index (χ1n) is 6.69. The van der Waals surface area contributed by atoms with Crippen molar-refractivity contribution in [3.05, 3.63) is 0 Å². The van der Waals surface area contributed by atoms with Crippen LogP contribution in [0.25, 0.3) is 0 Å². The van der Waals surface area contributed by atoms with E-state index in [9.17, 15) is 4.79 Å². The summed E-state index contributed by atoms with van der Waals surface area (Å²) in [6.45, 7) is 5.92. The molecule has 1 atom stereocenters. The Hall–Kier alpha value is -0.610. The minimum absolute atomic E-state index is 0.116. The molecule has 0 aliphatic carbocycles. The molecule has 0 rings (SSSR count). The van der Waals surface area contributed by atoms with Gasteiger partial charge < -0.3 is 16.2 Å². The standard InChI is InChI=1S/C13H28N2O2/c1-11(2)12(7-8-14)5-6-13(17)15-9-3-4-10-16/h11-12,16H,3-10,14H2,1-2H3,(H,15,17). The van der Waals surface area contributed by atoms with Crippen LogP contribution in [0.5, 0.6) is 0 Å². The van der Waals surface area contributed by atoms with Crippen LogP contribution >= 0.6 is 0 Å². The molecule has 0 aliphatic heterocycles. The van der Waals surface area contributed by atoms with Crippen molar-refractivity contribution in [3.63, 3.8) is 0 Å². The molecule has 0 aliphatic rings. The summed E-state index contributed by atoms with van der Waals surface area (Å²) in [5, 5.41) is 11.5. The second kappa shape index (κ2) is 10.5. The van der Waals surface area contributed by atoms with Gasteiger partial charge in [0.15, 0.2) is 0 Å². The first-order valence-corrected chi connectivity index (χ1v) is 6.69. The highest BCUT2D eigenvalue weighted by molar-refractivity contribution is 5.75. The largest absolute Gasteiger partial charge is 0.396 e. The van der Waals surface area contributed by atoms with E-state index in [1.165, 1.54) is 0 Å². The van der Waals surface area contributed by atoms with Crippen molar-refractivity contribution in [3.8, 4) is 0 Å². The molecule has 0 radical (unpaired) electrons. The predicted molar refractivity (Wildman–Crippen MR) is 70.6 cm³/mol. The molecule has 0 spiro atoms. The molecular formula is C13H28N2O2. The Balaban J connectivity index is 3.65. The van der Waals surface area contributed by atoms with Crippen molar-refractivity contribution in [2.45, 2.75) is 46.0 Å². The molecule has 0 aromatic carbocycles. The normalized spacial score (nSPS) is 12.8. The van der Waals surface area contributed by atoms with Crippen LogP contribution < -0.4 is 11.1 Å². The zero-order valence-electron chi connectivity index (χ0n) is 11.2. The van der Waals surface area contributed by atoms with Crippen LogP contribution in [0, 0.1) is 11.8 Å². The lowest BCUT2D eigenvalue weighted by atomic mass is 9.88. The molecule has 0 bridgehead atoms. The zero-order chi connectivity index (χ0) is 13.1. The number of aliphatic hydroxyl groups is 1. The first-order chi connectivity index (χ1) is 8.11. The molecule has 17 heavy (non-hydrogen) atoms. The van der Waals surface area contributed by atoms with Gasteiger partial charge in [-0.25, -0.2) is 0 Å². The third kappa shape index (κ3) is 9.12. The molecule has 1 amide bonds. The van der Waals surface area contributed by atoms with Gasteiger partial charge in [0, 0.05) is 19.6 Å². The molecule has 0 saturated carbocycles. The second-order valence-corrected chi connectivity index (χ2v) is 4.90. The summed E-state index contributed by atoms with van der Waals surface area (Å²) in [5.74, 6) is 1.24. The minimum atomic E-state index is 0.116. The van der Waals surface area contributed by atoms with E-state index in [0.29, 0.717) is 31.3 Å². The number of nitrogens with one attached hydrogen (secondary N) is 1. The maximum atomic E-state index is 11.5. The smallest absolute Gasteiger partial charge is 0.220 e. The number of nitrogens with two attached hydrogens (primary N) is 1. The number of carbonyl (C=O) groups is 1. The van der Waals surface area contributed by atoms with E-state index in [4.69, 9.17) is 10.8 Å². The highest BCUT2D eigenvalue weighted by atomic mass is 16.2. The average molecular weight is 244 g/mol. The van der Waals surface area contributed by atoms with Gasteiger partial charge >= 0.3 is 0 Å². The number of hydrogen-bond acceptors (Lipinski definition) is 3. The van der Waals surface area contributed by atoms with E-state index < -0.39 is 0 Å². The van der Waals surface area contributed by atoms with Gasteiger partial charge in [-0.3, -0.25) is 4.79 Å². The van der Waals surface area contributed by atoms with Crippen LogP contribution in [0.3, 0.4) is 0 Å². The number of rotatable bonds is 10. The fraction of sp³-hybridized carbons (Fsp3) is 0.923. The third-order valence-corrected chi connectivity index (χ3v) is 3.13. The van der Waals surface area contributed by atoms with Crippen LogP contribution in [0.2, 0.25) is 0 Å². The lowest BCUT2D eigenvalue weighted by molar-refractivity contribution is -0.121. The Morgan fingerprint density at radius 2 is 2.00 bits per heavy atom. The molecule has 0 aromatic heterocycles. The van der Waals surface area contributed by atoms with Gasteiger partial charge in [-0.15, -0.1) is 0 Å². The van der Waals surface area contributed by atoms with E-state index in [1.807, 2.05) is 0 Å². The number of hydrogen-bond donors (Lipinski definition) is 3. The monoisotopic (exact) mass is 244 g/mol. The highest BCUT2D eigenvalue weighted by Crippen LogP contribution is 2.20. The van der Waals surface area contributed by atoms with Crippen LogP contribution in [-0.2, 0) is 4.79 Å². The molecule has 4 heteroatoms. The maximum Gasteiger partial charge on any atom is 0.220 e. The summed E-state index contributed by atoms with van der Waals surface area (Å²) >= 11 is 0. The van der Waals surface area contributed by atoms with Crippen LogP contribution in [0.15, 0.2) is 0 Å². The zero-order valence-corrected chi connectivity index (χ0v) is 11.2. The Kier molecular flexibility index (Phi) is 10.2. The van der Waals surface area contributed by atoms with Gasteiger partial charge in [0.05, 0.1) is 0 Å². The Morgan fingerprint density at radius 1 is 1.29 bits per heavy atom. The fourth-order valence-electron chi connectivity index (χ4n) is 1.89. The van der Waals surface area contributed by atoms with E-state index in [2.05, 4.69) is 19.2 Å². The van der Waals surface area contributed by atoms with Crippen molar-refractivity contribution < 1.29 is 9.90 Å². The molecule has 1 unspecified atom stereocenters. The SMILES string of the molecule is CC(C)C(CCN)CCC(=O)NCCCCO. The molecule has 0 fully saturated rings. The lowest BCUT2D eigenvalue weighted by Crippen LogP contribution is -2.26. The number of aliphatic hydroxyl groups excluding tert-OH is 1. The van der Waals surface area contributed by atoms with E-state index in [1.54, 1.807) is 0 Å². The summed E-state index contributed by atoms with van der Waals surface area (Å²) < 4.78 is 0. The molecule has 4 N–H and O–H groups in total. The van der Waals surface area contributed by atoms with Gasteiger partial charge in [0.25, 0.3) is 0 Å². The lowest BCUT2D eigenvalue weighted by Gasteiger charge is -2.19. The Labute approximate surface area is 105 Å². The molecule has 0 saturated heterocycles. The van der Waals surface area contributed by atoms with Gasteiger partial charge in [-0.1, -0.05) is 13.8 Å². The number of amides is 1. The predicted octanol–water partition coefficient (Wildman–Crippen LogP) is 1.28. The topological polar surface area (TPSA) is 75.4 Å². The molecule has 0 heterocycles. The summed E-state index contributed by atoms with van der Waals surface area (Å²) in [7, 11) is 0. The van der Waals surface area contributed by atoms with Crippen molar-refractivity contribution in [2.75, 3.05) is 19.7 Å². The van der Waals surface area contributed by atoms with Crippen LogP contribution in [0.1, 0.15) is 46.0 Å². The maximum absolute atomic E-state index is 11.5. The van der Waals surface area contributed by atoms with Gasteiger partial charge in [-0.2, -0.15) is 0 Å². The molecule has 4 nitrogen and oxygen atoms in total. The van der Waals surface area contributed by atoms with Gasteiger partial charge in [0.1, 0.15) is 0 Å². The van der Waals surface area contributed by atoms with E-state index in [-0.39, 0.29) is 12.5 Å². The quantitative estimate of drug-likeness (QED) is 0.507. The number of unbranched alkanes of at least 4 members (excludes halogenated alkanes) is 1. The van der Waals surface area contributed by atoms with E-state index >= 15 is 0 Å². The summed E-state index contributed by atoms with van der Waals surface area (Å²) in [4.78, 5) is 11.5.